The number of hydrogen-bond acceptors (Lipinski definition) is 4. The predicted molar refractivity (Wildman–Crippen MR) is 104 cm³/mol. The Labute approximate surface area is 164 Å². The molecule has 5 rings (SSSR count). The van der Waals surface area contributed by atoms with E-state index in [0.717, 1.165) is 42.4 Å². The molecule has 0 aliphatic carbocycles. The van der Waals surface area contributed by atoms with Crippen molar-refractivity contribution < 1.29 is 14.4 Å². The Morgan fingerprint density at radius 2 is 2.00 bits per heavy atom. The minimum Gasteiger partial charge on any atom is -0.486 e. The van der Waals surface area contributed by atoms with Gasteiger partial charge in [0.1, 0.15) is 25.1 Å². The molecule has 0 radical (unpaired) electrons. The number of rotatable bonds is 3. The molecular formula is C20H27N4O2S+. The van der Waals surface area contributed by atoms with Crippen molar-refractivity contribution in [3.05, 3.63) is 34.4 Å². The topological polar surface area (TPSA) is 45.6 Å². The monoisotopic (exact) mass is 387 g/mol. The van der Waals surface area contributed by atoms with E-state index >= 15 is 0 Å². The number of nitrogens with zero attached hydrogens (tertiary/aromatic N) is 3. The summed E-state index contributed by atoms with van der Waals surface area (Å²) in [6.07, 6.45) is 7.19. The third kappa shape index (κ3) is 3.27. The molecule has 4 heterocycles. The average Bonchev–Trinajstić information content (AvgIpc) is 3.18. The third-order valence-electron chi connectivity index (χ3n) is 6.09. The fraction of sp³-hybridized carbons (Fsp3) is 0.600. The first-order valence-electron chi connectivity index (χ1n) is 10.2. The fourth-order valence-electron chi connectivity index (χ4n) is 4.70. The predicted octanol–water partition coefficient (Wildman–Crippen LogP) is 2.29. The van der Waals surface area contributed by atoms with Crippen molar-refractivity contribution in [2.75, 3.05) is 19.8 Å². The third-order valence-corrected chi connectivity index (χ3v) is 6.52. The summed E-state index contributed by atoms with van der Waals surface area (Å²) in [5, 5.41) is 4.88. The van der Waals surface area contributed by atoms with Crippen molar-refractivity contribution in [2.45, 2.75) is 57.8 Å². The molecular weight excluding hydrogens is 360 g/mol. The first kappa shape index (κ1) is 17.3. The summed E-state index contributed by atoms with van der Waals surface area (Å²) in [7, 11) is 0. The molecule has 3 aliphatic heterocycles. The van der Waals surface area contributed by atoms with E-state index in [1.165, 1.54) is 48.4 Å². The van der Waals surface area contributed by atoms with Gasteiger partial charge in [0, 0.05) is 31.4 Å². The summed E-state index contributed by atoms with van der Waals surface area (Å²) >= 11 is 5.76. The molecule has 1 N–H and O–H groups in total. The summed E-state index contributed by atoms with van der Waals surface area (Å²) in [5.41, 5.74) is 1.33. The van der Waals surface area contributed by atoms with Gasteiger partial charge in [-0.2, -0.15) is 9.78 Å². The van der Waals surface area contributed by atoms with Gasteiger partial charge in [-0.05, 0) is 43.3 Å². The molecule has 3 aliphatic rings. The second-order valence-corrected chi connectivity index (χ2v) is 8.19. The quantitative estimate of drug-likeness (QED) is 0.821. The Kier molecular flexibility index (Phi) is 4.65. The molecule has 1 fully saturated rings. The lowest BCUT2D eigenvalue weighted by molar-refractivity contribution is -0.941. The highest BCUT2D eigenvalue weighted by Gasteiger charge is 2.32. The average molecular weight is 388 g/mol. The lowest BCUT2D eigenvalue weighted by atomic mass is 10.0. The number of aromatic nitrogens is 3. The Hall–Kier alpha value is -1.86. The molecule has 0 bridgehead atoms. The Morgan fingerprint density at radius 3 is 2.93 bits per heavy atom. The normalized spacial score (nSPS) is 24.4. The van der Waals surface area contributed by atoms with Gasteiger partial charge >= 0.3 is 0 Å². The molecule has 2 aromatic rings. The van der Waals surface area contributed by atoms with Crippen LogP contribution in [-0.2, 0) is 19.6 Å². The van der Waals surface area contributed by atoms with Crippen LogP contribution < -0.4 is 14.4 Å². The zero-order valence-electron chi connectivity index (χ0n) is 15.7. The van der Waals surface area contributed by atoms with Gasteiger partial charge in [-0.3, -0.25) is 0 Å². The largest absolute Gasteiger partial charge is 0.486 e. The van der Waals surface area contributed by atoms with E-state index in [2.05, 4.69) is 27.4 Å². The number of hydrogen-bond donors (Lipinski definition) is 1. The molecule has 27 heavy (non-hydrogen) atoms. The van der Waals surface area contributed by atoms with E-state index in [1.807, 2.05) is 0 Å². The van der Waals surface area contributed by atoms with Gasteiger partial charge in [0.25, 0.3) is 0 Å². The lowest BCUT2D eigenvalue weighted by Gasteiger charge is -2.24. The maximum Gasteiger partial charge on any atom is 0.202 e. The molecule has 0 spiro atoms. The lowest BCUT2D eigenvalue weighted by Crippen LogP contribution is -3.09. The Bertz CT molecular complexity index is 891. The zero-order valence-corrected chi connectivity index (χ0v) is 16.5. The molecule has 1 aromatic carbocycles. The smallest absolute Gasteiger partial charge is 0.202 e. The van der Waals surface area contributed by atoms with Gasteiger partial charge in [-0.25, -0.2) is 0 Å². The van der Waals surface area contributed by atoms with Crippen LogP contribution >= 0.6 is 12.2 Å². The van der Waals surface area contributed by atoms with Gasteiger partial charge in [0.05, 0.1) is 6.54 Å². The maximum absolute atomic E-state index is 5.79. The van der Waals surface area contributed by atoms with E-state index in [1.54, 1.807) is 0 Å². The van der Waals surface area contributed by atoms with E-state index in [0.29, 0.717) is 19.3 Å². The minimum atomic E-state index is 0.462. The van der Waals surface area contributed by atoms with Crippen LogP contribution in [0.25, 0.3) is 0 Å². The molecule has 1 aromatic heterocycles. The summed E-state index contributed by atoms with van der Waals surface area (Å²) < 4.78 is 16.7. The van der Waals surface area contributed by atoms with Gasteiger partial charge in [0.15, 0.2) is 18.2 Å². The summed E-state index contributed by atoms with van der Waals surface area (Å²) in [5.74, 6) is 2.92. The number of fused-ring (bicyclic) bond motifs is 2. The number of quaternary nitrogens is 1. The second-order valence-electron chi connectivity index (χ2n) is 7.82. The van der Waals surface area contributed by atoms with Crippen molar-refractivity contribution in [1.29, 1.82) is 0 Å². The highest BCUT2D eigenvalue weighted by molar-refractivity contribution is 7.71. The van der Waals surface area contributed by atoms with Crippen LogP contribution in [-0.4, -0.2) is 34.1 Å². The summed E-state index contributed by atoms with van der Waals surface area (Å²) in [4.78, 5) is 1.54. The SMILES string of the molecule is S=c1n(C[NH+]2CCC[C@@H]2c2ccc3c(c2)OCCO3)nc2n1CCCCC2. The maximum atomic E-state index is 5.79. The van der Waals surface area contributed by atoms with Crippen molar-refractivity contribution >= 4 is 12.2 Å². The zero-order chi connectivity index (χ0) is 18.2. The molecule has 0 saturated carbocycles. The van der Waals surface area contributed by atoms with E-state index in [4.69, 9.17) is 26.8 Å². The fourth-order valence-corrected chi connectivity index (χ4v) is 5.00. The van der Waals surface area contributed by atoms with Crippen molar-refractivity contribution in [2.24, 2.45) is 0 Å². The van der Waals surface area contributed by atoms with Crippen LogP contribution in [0.4, 0.5) is 0 Å². The first-order valence-corrected chi connectivity index (χ1v) is 10.6. The Morgan fingerprint density at radius 1 is 1.11 bits per heavy atom. The number of benzene rings is 1. The molecule has 1 saturated heterocycles. The van der Waals surface area contributed by atoms with Crippen LogP contribution in [0.5, 0.6) is 11.5 Å². The number of nitrogens with one attached hydrogen (secondary N) is 1. The Balaban J connectivity index is 1.38. The standard InChI is InChI=1S/C20H26N4O2S/c27-20-23-10-3-1-2-6-19(23)21-24(20)14-22-9-4-5-16(22)15-7-8-17-18(13-15)26-12-11-25-17/h7-8,13,16H,1-6,9-12,14H2/p+1/t16-/m1/s1. The number of aryl methyl sites for hydroxylation is 1. The van der Waals surface area contributed by atoms with E-state index in [9.17, 15) is 0 Å². The van der Waals surface area contributed by atoms with Crippen LogP contribution in [0.15, 0.2) is 18.2 Å². The number of ether oxygens (including phenoxy) is 2. The van der Waals surface area contributed by atoms with Crippen molar-refractivity contribution in [3.8, 4) is 11.5 Å². The second kappa shape index (κ2) is 7.28. The van der Waals surface area contributed by atoms with Crippen LogP contribution in [0, 0.1) is 4.77 Å². The van der Waals surface area contributed by atoms with E-state index in [-0.39, 0.29) is 0 Å². The molecule has 144 valence electrons. The minimum absolute atomic E-state index is 0.462. The van der Waals surface area contributed by atoms with Crippen LogP contribution in [0.2, 0.25) is 0 Å². The summed E-state index contributed by atoms with van der Waals surface area (Å²) in [6, 6.07) is 6.89. The van der Waals surface area contributed by atoms with Gasteiger partial charge in [-0.1, -0.05) is 6.42 Å². The highest BCUT2D eigenvalue weighted by Crippen LogP contribution is 2.33. The van der Waals surface area contributed by atoms with Crippen molar-refractivity contribution in [1.82, 2.24) is 14.3 Å². The molecule has 0 amide bonds. The van der Waals surface area contributed by atoms with Crippen LogP contribution in [0.1, 0.15) is 49.5 Å². The van der Waals surface area contributed by atoms with Gasteiger partial charge in [-0.15, -0.1) is 0 Å². The van der Waals surface area contributed by atoms with Crippen LogP contribution in [0.3, 0.4) is 0 Å². The molecule has 7 heteroatoms. The molecule has 6 nitrogen and oxygen atoms in total. The van der Waals surface area contributed by atoms with Gasteiger partial charge < -0.3 is 18.9 Å². The summed E-state index contributed by atoms with van der Waals surface area (Å²) in [6.45, 7) is 4.29. The van der Waals surface area contributed by atoms with Gasteiger partial charge in [0.2, 0.25) is 4.77 Å². The van der Waals surface area contributed by atoms with E-state index < -0.39 is 0 Å². The first-order chi connectivity index (χ1) is 13.3. The highest BCUT2D eigenvalue weighted by atomic mass is 32.1. The van der Waals surface area contributed by atoms with Crippen molar-refractivity contribution in [3.63, 3.8) is 0 Å². The molecule has 1 unspecified atom stereocenters. The number of likely N-dealkylation sites (tertiary alicyclic amines) is 1. The molecule has 2 atom stereocenters.